The number of carboxylic acids is 1. The third-order valence-electron chi connectivity index (χ3n) is 2.38. The molecule has 1 atom stereocenters. The molecule has 0 aliphatic rings. The highest BCUT2D eigenvalue weighted by atomic mass is 16.4. The lowest BCUT2D eigenvalue weighted by Crippen LogP contribution is -2.54. The second-order valence-electron chi connectivity index (χ2n) is 5.65. The van der Waals surface area contributed by atoms with Gasteiger partial charge in [0.25, 0.3) is 0 Å². The van der Waals surface area contributed by atoms with Crippen molar-refractivity contribution in [3.63, 3.8) is 0 Å². The van der Waals surface area contributed by atoms with Crippen LogP contribution in [0.4, 0.5) is 4.79 Å². The number of rotatable bonds is 7. The van der Waals surface area contributed by atoms with Gasteiger partial charge in [0, 0.05) is 12.0 Å². The third kappa shape index (κ3) is 8.01. The Balaban J connectivity index is 4.49. The van der Waals surface area contributed by atoms with Crippen LogP contribution in [0.5, 0.6) is 0 Å². The molecule has 0 aliphatic carbocycles. The number of nitrogens with two attached hydrogens (primary N) is 1. The predicted molar refractivity (Wildman–Crippen MR) is 70.4 cm³/mol. The summed E-state index contributed by atoms with van der Waals surface area (Å²) in [4.78, 5) is 33.5. The van der Waals surface area contributed by atoms with Crippen molar-refractivity contribution in [3.8, 4) is 0 Å². The Morgan fingerprint density at radius 2 is 1.79 bits per heavy atom. The molecular formula is C12H23N3O4. The Kier molecular flexibility index (Phi) is 6.31. The minimum absolute atomic E-state index is 0.0255. The number of carbonyl (C=O) groups excluding carboxylic acids is 2. The van der Waals surface area contributed by atoms with Crippen molar-refractivity contribution in [1.29, 1.82) is 0 Å². The maximum atomic E-state index is 11.7. The molecule has 0 aromatic heterocycles. The van der Waals surface area contributed by atoms with Crippen LogP contribution in [0.25, 0.3) is 0 Å². The van der Waals surface area contributed by atoms with Gasteiger partial charge in [0.05, 0.1) is 0 Å². The number of aliphatic carboxylic acids is 1. The largest absolute Gasteiger partial charge is 0.480 e. The van der Waals surface area contributed by atoms with E-state index in [1.54, 1.807) is 13.8 Å². The first kappa shape index (κ1) is 17.2. The number of carbonyl (C=O) groups is 3. The summed E-state index contributed by atoms with van der Waals surface area (Å²) in [5, 5.41) is 13.9. The van der Waals surface area contributed by atoms with E-state index in [0.29, 0.717) is 6.42 Å². The van der Waals surface area contributed by atoms with Crippen molar-refractivity contribution in [3.05, 3.63) is 0 Å². The van der Waals surface area contributed by atoms with Crippen LogP contribution in [0.2, 0.25) is 0 Å². The zero-order valence-electron chi connectivity index (χ0n) is 11.8. The molecule has 5 N–H and O–H groups in total. The molecule has 0 radical (unpaired) electrons. The number of hydrogen-bond donors (Lipinski definition) is 4. The lowest BCUT2D eigenvalue weighted by molar-refractivity contribution is -0.139. The molecule has 7 heteroatoms. The lowest BCUT2D eigenvalue weighted by atomic mass is 10.0. The molecule has 0 aliphatic heterocycles. The van der Waals surface area contributed by atoms with Crippen LogP contribution in [-0.2, 0) is 9.59 Å². The van der Waals surface area contributed by atoms with Crippen molar-refractivity contribution in [2.45, 2.75) is 52.1 Å². The fourth-order valence-corrected chi connectivity index (χ4v) is 1.67. The summed E-state index contributed by atoms with van der Waals surface area (Å²) < 4.78 is 0. The van der Waals surface area contributed by atoms with Gasteiger partial charge >= 0.3 is 12.0 Å². The minimum Gasteiger partial charge on any atom is -0.480 e. The maximum Gasteiger partial charge on any atom is 0.326 e. The first-order chi connectivity index (χ1) is 8.53. The molecular weight excluding hydrogens is 250 g/mol. The summed E-state index contributed by atoms with van der Waals surface area (Å²) in [6.07, 6.45) is 0.307. The standard InChI is InChI=1S/C12H23N3O4/c1-7(2)5-8(10(17)18)14-11(19)15-12(3,4)6-9(13)16/h7-8H,5-6H2,1-4H3,(H2,13,16)(H,17,18)(H2,14,15,19). The van der Waals surface area contributed by atoms with Crippen LogP contribution in [0, 0.1) is 5.92 Å². The molecule has 7 nitrogen and oxygen atoms in total. The van der Waals surface area contributed by atoms with Crippen LogP contribution < -0.4 is 16.4 Å². The molecule has 3 amide bonds. The summed E-state index contributed by atoms with van der Waals surface area (Å²) in [5.41, 5.74) is 4.24. The highest BCUT2D eigenvalue weighted by molar-refractivity contribution is 5.83. The molecule has 0 bridgehead atoms. The number of hydrogen-bond acceptors (Lipinski definition) is 3. The van der Waals surface area contributed by atoms with Crippen molar-refractivity contribution in [2.75, 3.05) is 0 Å². The predicted octanol–water partition coefficient (Wildman–Crippen LogP) is 0.439. The van der Waals surface area contributed by atoms with Crippen LogP contribution in [0.15, 0.2) is 0 Å². The Morgan fingerprint density at radius 3 is 2.16 bits per heavy atom. The van der Waals surface area contributed by atoms with Crippen LogP contribution in [-0.4, -0.2) is 34.6 Å². The number of urea groups is 1. The van der Waals surface area contributed by atoms with E-state index in [9.17, 15) is 14.4 Å². The molecule has 19 heavy (non-hydrogen) atoms. The van der Waals surface area contributed by atoms with Crippen LogP contribution in [0.1, 0.15) is 40.5 Å². The van der Waals surface area contributed by atoms with E-state index in [4.69, 9.17) is 10.8 Å². The molecule has 0 spiro atoms. The third-order valence-corrected chi connectivity index (χ3v) is 2.38. The molecule has 0 rings (SSSR count). The van der Waals surface area contributed by atoms with E-state index in [2.05, 4.69) is 10.6 Å². The zero-order chi connectivity index (χ0) is 15.2. The monoisotopic (exact) mass is 273 g/mol. The molecule has 0 aromatic carbocycles. The van der Waals surface area contributed by atoms with Gasteiger partial charge in [0.1, 0.15) is 6.04 Å². The Bertz CT molecular complexity index is 353. The van der Waals surface area contributed by atoms with Gasteiger partial charge in [0.15, 0.2) is 0 Å². The van der Waals surface area contributed by atoms with E-state index in [1.165, 1.54) is 0 Å². The van der Waals surface area contributed by atoms with Crippen molar-refractivity contribution in [1.82, 2.24) is 10.6 Å². The second-order valence-corrected chi connectivity index (χ2v) is 5.65. The van der Waals surface area contributed by atoms with E-state index in [0.717, 1.165) is 0 Å². The topological polar surface area (TPSA) is 122 Å². The summed E-state index contributed by atoms with van der Waals surface area (Å²) in [6.45, 7) is 7.00. The Morgan fingerprint density at radius 1 is 1.26 bits per heavy atom. The van der Waals surface area contributed by atoms with Gasteiger partial charge in [-0.05, 0) is 26.2 Å². The zero-order valence-corrected chi connectivity index (χ0v) is 11.8. The van der Waals surface area contributed by atoms with Crippen molar-refractivity contribution < 1.29 is 19.5 Å². The Hall–Kier alpha value is -1.79. The Labute approximate surface area is 112 Å². The van der Waals surface area contributed by atoms with Crippen LogP contribution >= 0.6 is 0 Å². The van der Waals surface area contributed by atoms with Crippen molar-refractivity contribution in [2.24, 2.45) is 11.7 Å². The molecule has 0 fully saturated rings. The number of primary amides is 1. The minimum atomic E-state index is -1.09. The highest BCUT2D eigenvalue weighted by Gasteiger charge is 2.26. The number of carboxylic acid groups (broad SMARTS) is 1. The molecule has 0 saturated heterocycles. The summed E-state index contributed by atoms with van der Waals surface area (Å²) in [5.74, 6) is -1.49. The quantitative estimate of drug-likeness (QED) is 0.537. The number of nitrogens with one attached hydrogen (secondary N) is 2. The van der Waals surface area contributed by atoms with E-state index in [1.807, 2.05) is 13.8 Å². The molecule has 0 heterocycles. The first-order valence-electron chi connectivity index (χ1n) is 6.13. The average Bonchev–Trinajstić information content (AvgIpc) is 2.11. The number of amides is 3. The van der Waals surface area contributed by atoms with Gasteiger partial charge in [-0.3, -0.25) is 4.79 Å². The fourth-order valence-electron chi connectivity index (χ4n) is 1.67. The van der Waals surface area contributed by atoms with Gasteiger partial charge < -0.3 is 21.5 Å². The average molecular weight is 273 g/mol. The van der Waals surface area contributed by atoms with Gasteiger partial charge in [-0.15, -0.1) is 0 Å². The summed E-state index contributed by atoms with van der Waals surface area (Å²) in [6, 6.07) is -1.58. The van der Waals surface area contributed by atoms with Crippen molar-refractivity contribution >= 4 is 17.9 Å². The van der Waals surface area contributed by atoms with E-state index in [-0.39, 0.29) is 12.3 Å². The molecule has 0 saturated carbocycles. The van der Waals surface area contributed by atoms with Gasteiger partial charge in [-0.25, -0.2) is 9.59 Å². The van der Waals surface area contributed by atoms with Gasteiger partial charge in [-0.2, -0.15) is 0 Å². The fraction of sp³-hybridized carbons (Fsp3) is 0.750. The lowest BCUT2D eigenvalue weighted by Gasteiger charge is -2.26. The molecule has 110 valence electrons. The first-order valence-corrected chi connectivity index (χ1v) is 6.13. The molecule has 0 aromatic rings. The summed E-state index contributed by atoms with van der Waals surface area (Å²) >= 11 is 0. The van der Waals surface area contributed by atoms with Gasteiger partial charge in [-0.1, -0.05) is 13.8 Å². The molecule has 1 unspecified atom stereocenters. The maximum absolute atomic E-state index is 11.7. The second kappa shape index (κ2) is 6.96. The smallest absolute Gasteiger partial charge is 0.326 e. The normalized spacial score (nSPS) is 12.9. The summed E-state index contributed by atoms with van der Waals surface area (Å²) in [7, 11) is 0. The van der Waals surface area contributed by atoms with Gasteiger partial charge in [0.2, 0.25) is 5.91 Å². The highest BCUT2D eigenvalue weighted by Crippen LogP contribution is 2.08. The SMILES string of the molecule is CC(C)CC(NC(=O)NC(C)(C)CC(N)=O)C(=O)O. The van der Waals surface area contributed by atoms with E-state index >= 15 is 0 Å². The van der Waals surface area contributed by atoms with Crippen LogP contribution in [0.3, 0.4) is 0 Å². The van der Waals surface area contributed by atoms with E-state index < -0.39 is 29.5 Å².